The van der Waals surface area contributed by atoms with Gasteiger partial charge in [-0.05, 0) is 26.3 Å². The largest absolute Gasteiger partial charge is 0.444 e. The summed E-state index contributed by atoms with van der Waals surface area (Å²) in [6.45, 7) is 4.94. The van der Waals surface area contributed by atoms with Crippen LogP contribution in [0.5, 0.6) is 0 Å². The number of alkyl carbamates (subject to hydrolysis) is 1. The molecular formula is C15H19BrF3NO2. The fourth-order valence-corrected chi connectivity index (χ4v) is 2.52. The molecule has 0 saturated heterocycles. The van der Waals surface area contributed by atoms with Crippen molar-refractivity contribution in [3.63, 3.8) is 0 Å². The Morgan fingerprint density at radius 2 is 1.77 bits per heavy atom. The van der Waals surface area contributed by atoms with Crippen LogP contribution in [0.3, 0.4) is 0 Å². The molecule has 2 atom stereocenters. The van der Waals surface area contributed by atoms with Gasteiger partial charge in [0, 0.05) is 5.33 Å². The zero-order valence-corrected chi connectivity index (χ0v) is 14.2. The van der Waals surface area contributed by atoms with Crippen molar-refractivity contribution < 1.29 is 22.7 Å². The molecule has 1 rings (SSSR count). The Morgan fingerprint density at radius 3 is 2.18 bits per heavy atom. The number of rotatable bonds is 4. The molecule has 22 heavy (non-hydrogen) atoms. The second-order valence-corrected chi connectivity index (χ2v) is 6.48. The SMILES string of the molecule is CC(C)(C)OC(=O)NC(CBr)C(c1ccccc1)C(F)(F)F. The summed E-state index contributed by atoms with van der Waals surface area (Å²) in [5.74, 6) is -1.82. The van der Waals surface area contributed by atoms with Gasteiger partial charge >= 0.3 is 12.3 Å². The molecule has 3 nitrogen and oxygen atoms in total. The Balaban J connectivity index is 2.99. The van der Waals surface area contributed by atoms with Crippen molar-refractivity contribution >= 4 is 22.0 Å². The highest BCUT2D eigenvalue weighted by Gasteiger charge is 2.46. The molecule has 0 aromatic heterocycles. The van der Waals surface area contributed by atoms with Gasteiger partial charge in [-0.1, -0.05) is 46.3 Å². The van der Waals surface area contributed by atoms with Gasteiger partial charge in [-0.15, -0.1) is 0 Å². The van der Waals surface area contributed by atoms with Crippen LogP contribution in [-0.2, 0) is 4.74 Å². The summed E-state index contributed by atoms with van der Waals surface area (Å²) >= 11 is 3.04. The van der Waals surface area contributed by atoms with Gasteiger partial charge in [0.1, 0.15) is 11.5 Å². The van der Waals surface area contributed by atoms with E-state index >= 15 is 0 Å². The van der Waals surface area contributed by atoms with Crippen LogP contribution in [0.25, 0.3) is 0 Å². The van der Waals surface area contributed by atoms with Crippen LogP contribution in [0.15, 0.2) is 30.3 Å². The van der Waals surface area contributed by atoms with E-state index in [-0.39, 0.29) is 10.9 Å². The molecule has 0 aliphatic heterocycles. The van der Waals surface area contributed by atoms with E-state index in [4.69, 9.17) is 4.74 Å². The smallest absolute Gasteiger partial charge is 0.407 e. The number of hydrogen-bond acceptors (Lipinski definition) is 2. The molecule has 0 saturated carbocycles. The third-order valence-electron chi connectivity index (χ3n) is 2.78. The molecule has 0 spiro atoms. The molecule has 1 aromatic rings. The van der Waals surface area contributed by atoms with Crippen LogP contribution in [0.2, 0.25) is 0 Å². The quantitative estimate of drug-likeness (QED) is 0.772. The maximum atomic E-state index is 13.4. The second kappa shape index (κ2) is 7.35. The highest BCUT2D eigenvalue weighted by molar-refractivity contribution is 9.09. The number of benzene rings is 1. The molecule has 124 valence electrons. The monoisotopic (exact) mass is 381 g/mol. The summed E-state index contributed by atoms with van der Waals surface area (Å²) < 4.78 is 45.3. The van der Waals surface area contributed by atoms with Crippen LogP contribution < -0.4 is 5.32 Å². The summed E-state index contributed by atoms with van der Waals surface area (Å²) in [6.07, 6.45) is -5.36. The second-order valence-electron chi connectivity index (χ2n) is 5.84. The molecule has 0 bridgehead atoms. The minimum atomic E-state index is -4.49. The van der Waals surface area contributed by atoms with Crippen molar-refractivity contribution in [3.05, 3.63) is 35.9 Å². The Hall–Kier alpha value is -1.24. The lowest BCUT2D eigenvalue weighted by molar-refractivity contribution is -0.155. The number of nitrogens with one attached hydrogen (secondary N) is 1. The molecule has 0 aliphatic carbocycles. The molecule has 1 amide bonds. The van der Waals surface area contributed by atoms with Crippen molar-refractivity contribution in [2.24, 2.45) is 0 Å². The molecule has 0 heterocycles. The van der Waals surface area contributed by atoms with E-state index in [2.05, 4.69) is 21.2 Å². The molecule has 1 N–H and O–H groups in total. The Kier molecular flexibility index (Phi) is 6.28. The van der Waals surface area contributed by atoms with Gasteiger partial charge in [0.2, 0.25) is 0 Å². The first-order valence-electron chi connectivity index (χ1n) is 6.71. The lowest BCUT2D eigenvalue weighted by Crippen LogP contribution is -2.47. The van der Waals surface area contributed by atoms with E-state index in [9.17, 15) is 18.0 Å². The van der Waals surface area contributed by atoms with Crippen LogP contribution in [0.4, 0.5) is 18.0 Å². The molecular weight excluding hydrogens is 363 g/mol. The average Bonchev–Trinajstić information content (AvgIpc) is 2.35. The van der Waals surface area contributed by atoms with E-state index < -0.39 is 29.8 Å². The van der Waals surface area contributed by atoms with Gasteiger partial charge < -0.3 is 10.1 Å². The molecule has 2 unspecified atom stereocenters. The lowest BCUT2D eigenvalue weighted by Gasteiger charge is -2.30. The maximum Gasteiger partial charge on any atom is 0.407 e. The van der Waals surface area contributed by atoms with Crippen molar-refractivity contribution in [1.82, 2.24) is 5.32 Å². The zero-order valence-electron chi connectivity index (χ0n) is 12.6. The van der Waals surface area contributed by atoms with Crippen LogP contribution in [0.1, 0.15) is 32.3 Å². The Morgan fingerprint density at radius 1 is 1.23 bits per heavy atom. The Labute approximate surface area is 136 Å². The van der Waals surface area contributed by atoms with Gasteiger partial charge in [-0.2, -0.15) is 13.2 Å². The first-order chi connectivity index (χ1) is 10.0. The fourth-order valence-electron chi connectivity index (χ4n) is 1.98. The molecule has 0 aliphatic rings. The predicted molar refractivity (Wildman–Crippen MR) is 82.2 cm³/mol. The van der Waals surface area contributed by atoms with Crippen LogP contribution >= 0.6 is 15.9 Å². The minimum Gasteiger partial charge on any atom is -0.444 e. The summed E-state index contributed by atoms with van der Waals surface area (Å²) in [5, 5.41) is 2.25. The number of ether oxygens (including phenoxy) is 1. The predicted octanol–water partition coefficient (Wildman–Crippen LogP) is 4.62. The van der Waals surface area contributed by atoms with Crippen molar-refractivity contribution in [2.75, 3.05) is 5.33 Å². The third kappa shape index (κ3) is 5.87. The maximum absolute atomic E-state index is 13.4. The van der Waals surface area contributed by atoms with E-state index in [1.165, 1.54) is 24.3 Å². The first kappa shape index (κ1) is 18.8. The standard InChI is InChI=1S/C15H19BrF3NO2/c1-14(2,3)22-13(21)20-11(9-16)12(15(17,18)19)10-7-5-4-6-8-10/h4-8,11-12H,9H2,1-3H3,(H,20,21). The average molecular weight is 382 g/mol. The van der Waals surface area contributed by atoms with Gasteiger partial charge in [0.15, 0.2) is 0 Å². The Bertz CT molecular complexity index is 486. The number of amides is 1. The fraction of sp³-hybridized carbons (Fsp3) is 0.533. The summed E-state index contributed by atoms with van der Waals surface area (Å²) in [5.41, 5.74) is -0.683. The van der Waals surface area contributed by atoms with E-state index in [0.29, 0.717) is 0 Å². The van der Waals surface area contributed by atoms with Gasteiger partial charge in [0.25, 0.3) is 0 Å². The third-order valence-corrected chi connectivity index (χ3v) is 3.48. The highest BCUT2D eigenvalue weighted by atomic mass is 79.9. The minimum absolute atomic E-state index is 0.0503. The van der Waals surface area contributed by atoms with E-state index in [1.807, 2.05) is 0 Å². The van der Waals surface area contributed by atoms with Gasteiger partial charge in [-0.25, -0.2) is 4.79 Å². The van der Waals surface area contributed by atoms with Gasteiger partial charge in [0.05, 0.1) is 6.04 Å². The first-order valence-corrected chi connectivity index (χ1v) is 7.84. The number of hydrogen-bond donors (Lipinski definition) is 1. The van der Waals surface area contributed by atoms with Crippen LogP contribution in [-0.4, -0.2) is 29.2 Å². The molecule has 0 fully saturated rings. The highest BCUT2D eigenvalue weighted by Crippen LogP contribution is 2.38. The summed E-state index contributed by atoms with van der Waals surface area (Å²) in [7, 11) is 0. The number of carbonyl (C=O) groups excluding carboxylic acids is 1. The van der Waals surface area contributed by atoms with E-state index in [0.717, 1.165) is 0 Å². The number of carbonyl (C=O) groups is 1. The zero-order chi connectivity index (χ0) is 17.0. The summed E-state index contributed by atoms with van der Waals surface area (Å²) in [4.78, 5) is 11.8. The number of alkyl halides is 4. The molecule has 7 heteroatoms. The molecule has 0 radical (unpaired) electrons. The topological polar surface area (TPSA) is 38.3 Å². The summed E-state index contributed by atoms with van der Waals surface area (Å²) in [6, 6.07) is 6.33. The molecule has 1 aromatic carbocycles. The van der Waals surface area contributed by atoms with Crippen LogP contribution in [0, 0.1) is 0 Å². The van der Waals surface area contributed by atoms with Crippen molar-refractivity contribution in [2.45, 2.75) is 44.5 Å². The van der Waals surface area contributed by atoms with Crippen molar-refractivity contribution in [1.29, 1.82) is 0 Å². The van der Waals surface area contributed by atoms with Crippen molar-refractivity contribution in [3.8, 4) is 0 Å². The lowest BCUT2D eigenvalue weighted by atomic mass is 9.92. The van der Waals surface area contributed by atoms with Gasteiger partial charge in [-0.3, -0.25) is 0 Å². The number of halogens is 4. The normalized spacial score (nSPS) is 15.0. The van der Waals surface area contributed by atoms with E-state index in [1.54, 1.807) is 26.8 Å².